The molecule has 6 heteroatoms. The van der Waals surface area contributed by atoms with Crippen molar-refractivity contribution in [3.63, 3.8) is 0 Å². The minimum atomic E-state index is -1.11. The minimum Gasteiger partial charge on any atom is -0.400 e. The predicted octanol–water partition coefficient (Wildman–Crippen LogP) is 3.00. The van der Waals surface area contributed by atoms with Crippen molar-refractivity contribution in [2.24, 2.45) is 0 Å². The zero-order chi connectivity index (χ0) is 14.3. The first kappa shape index (κ1) is 14.2. The average Bonchev–Trinajstić information content (AvgIpc) is 2.49. The molecule has 1 aromatic rings. The zero-order valence-corrected chi connectivity index (χ0v) is 11.4. The van der Waals surface area contributed by atoms with Gasteiger partial charge in [-0.1, -0.05) is 5.98 Å². The summed E-state index contributed by atoms with van der Waals surface area (Å²) in [5.41, 5.74) is -0.541. The summed E-state index contributed by atoms with van der Waals surface area (Å²) < 4.78 is 37.1. The van der Waals surface area contributed by atoms with Gasteiger partial charge in [0, 0.05) is 0 Å². The average molecular weight is 267 g/mol. The largest absolute Gasteiger partial charge is 0.487 e. The van der Waals surface area contributed by atoms with E-state index in [1.807, 2.05) is 27.7 Å². The van der Waals surface area contributed by atoms with Gasteiger partial charge in [0.15, 0.2) is 5.82 Å². The lowest BCUT2D eigenvalue weighted by Gasteiger charge is -2.32. The summed E-state index contributed by atoms with van der Waals surface area (Å²) in [5.74, 6) is -0.445. The number of hydrogen-bond donors (Lipinski definition) is 0. The molecule has 2 heterocycles. The lowest BCUT2D eigenvalue weighted by molar-refractivity contribution is 0.00578. The summed E-state index contributed by atoms with van der Waals surface area (Å²) in [5, 5.41) is 0. The first-order chi connectivity index (χ1) is 8.71. The summed E-state index contributed by atoms with van der Waals surface area (Å²) in [7, 11) is -0.528. The quantitative estimate of drug-likeness (QED) is 0.609. The molecule has 2 rings (SSSR count). The maximum atomic E-state index is 12.9. The van der Waals surface area contributed by atoms with Crippen molar-refractivity contribution in [3.8, 4) is 0 Å². The van der Waals surface area contributed by atoms with Crippen molar-refractivity contribution in [1.82, 2.24) is 4.98 Å². The Labute approximate surface area is 111 Å². The molecule has 0 unspecified atom stereocenters. The fourth-order valence-corrected chi connectivity index (χ4v) is 1.67. The third-order valence-electron chi connectivity index (χ3n) is 3.52. The van der Waals surface area contributed by atoms with Crippen LogP contribution in [0.15, 0.2) is 18.1 Å². The van der Waals surface area contributed by atoms with Crippen molar-refractivity contribution in [2.45, 2.75) is 38.9 Å². The Balaban J connectivity index is 2.10. The zero-order valence-electron chi connectivity index (χ0n) is 11.4. The third-order valence-corrected chi connectivity index (χ3v) is 3.52. The normalized spacial score (nSPS) is 21.3. The number of hydrogen-bond acceptors (Lipinski definition) is 3. The molecular formula is C13H16BF2NO2. The maximum Gasteiger partial charge on any atom is 0.487 e. The lowest BCUT2D eigenvalue weighted by Crippen LogP contribution is -2.41. The highest BCUT2D eigenvalue weighted by molar-refractivity contribution is 6.52. The van der Waals surface area contributed by atoms with E-state index in [0.717, 1.165) is 6.07 Å². The second-order valence-corrected chi connectivity index (χ2v) is 5.49. The highest BCUT2D eigenvalue weighted by Crippen LogP contribution is 2.36. The van der Waals surface area contributed by atoms with Gasteiger partial charge >= 0.3 is 7.12 Å². The van der Waals surface area contributed by atoms with Crippen LogP contribution in [0.5, 0.6) is 0 Å². The lowest BCUT2D eigenvalue weighted by atomic mass is 9.89. The van der Waals surface area contributed by atoms with Crippen LogP contribution >= 0.6 is 0 Å². The summed E-state index contributed by atoms with van der Waals surface area (Å²) in [6.45, 7) is 7.76. The second kappa shape index (κ2) is 4.69. The van der Waals surface area contributed by atoms with Gasteiger partial charge in [0.25, 0.3) is 0 Å². The van der Waals surface area contributed by atoms with Gasteiger partial charge in [0.05, 0.1) is 16.9 Å². The number of rotatable bonds is 2. The number of halogens is 2. The second-order valence-electron chi connectivity index (χ2n) is 5.49. The molecular weight excluding hydrogens is 251 g/mol. The molecule has 1 aromatic heterocycles. The number of pyridine rings is 1. The van der Waals surface area contributed by atoms with Crippen LogP contribution in [-0.2, 0) is 9.31 Å². The van der Waals surface area contributed by atoms with Crippen LogP contribution in [0.3, 0.4) is 0 Å². The van der Waals surface area contributed by atoms with Gasteiger partial charge in [-0.25, -0.2) is 9.37 Å². The molecule has 1 aliphatic rings. The molecule has 1 saturated heterocycles. The van der Waals surface area contributed by atoms with Gasteiger partial charge in [0.1, 0.15) is 0 Å². The Bertz CT molecular complexity index is 501. The van der Waals surface area contributed by atoms with E-state index < -0.39 is 30.1 Å². The van der Waals surface area contributed by atoms with Gasteiger partial charge in [-0.15, -0.1) is 0 Å². The van der Waals surface area contributed by atoms with E-state index in [0.29, 0.717) is 5.69 Å². The van der Waals surface area contributed by atoms with Crippen LogP contribution in [0.2, 0.25) is 0 Å². The van der Waals surface area contributed by atoms with Crippen LogP contribution in [0, 0.1) is 11.8 Å². The van der Waals surface area contributed by atoms with Gasteiger partial charge in [0.2, 0.25) is 5.95 Å². The Morgan fingerprint density at radius 2 is 1.68 bits per heavy atom. The van der Waals surface area contributed by atoms with Crippen LogP contribution in [0.4, 0.5) is 8.78 Å². The molecule has 1 fully saturated rings. The van der Waals surface area contributed by atoms with Gasteiger partial charge in [-0.05, 0) is 45.9 Å². The van der Waals surface area contributed by atoms with Gasteiger partial charge < -0.3 is 9.31 Å². The van der Waals surface area contributed by atoms with Gasteiger partial charge in [-0.3, -0.25) is 0 Å². The Kier molecular flexibility index (Phi) is 3.49. The van der Waals surface area contributed by atoms with E-state index in [1.165, 1.54) is 6.07 Å². The smallest absolute Gasteiger partial charge is 0.400 e. The standard InChI is InChI=1S/C13H16BF2NO2/c1-12(2)13(3,4)19-14(18-12)8-7-9-5-6-10(15)11(16)17-9/h5-8H,1-4H3/b8-7+. The van der Waals surface area contributed by atoms with Crippen molar-refractivity contribution in [1.29, 1.82) is 0 Å². The van der Waals surface area contributed by atoms with Crippen LogP contribution in [-0.4, -0.2) is 23.3 Å². The first-order valence-corrected chi connectivity index (χ1v) is 6.07. The van der Waals surface area contributed by atoms with E-state index in [-0.39, 0.29) is 0 Å². The van der Waals surface area contributed by atoms with E-state index in [1.54, 1.807) is 12.1 Å². The highest BCUT2D eigenvalue weighted by Gasteiger charge is 2.49. The third kappa shape index (κ3) is 2.85. The van der Waals surface area contributed by atoms with E-state index in [4.69, 9.17) is 9.31 Å². The summed E-state index contributed by atoms with van der Waals surface area (Å²) in [6, 6.07) is 2.42. The Hall–Kier alpha value is -1.27. The number of nitrogens with zero attached hydrogens (tertiary/aromatic N) is 1. The Morgan fingerprint density at radius 1 is 1.11 bits per heavy atom. The molecule has 102 valence electrons. The fraction of sp³-hybridized carbons (Fsp3) is 0.462. The van der Waals surface area contributed by atoms with E-state index in [2.05, 4.69) is 4.98 Å². The van der Waals surface area contributed by atoms with Crippen molar-refractivity contribution in [2.75, 3.05) is 0 Å². The fourth-order valence-electron chi connectivity index (χ4n) is 1.67. The van der Waals surface area contributed by atoms with Gasteiger partial charge in [-0.2, -0.15) is 4.39 Å². The molecule has 0 radical (unpaired) electrons. The van der Waals surface area contributed by atoms with Crippen LogP contribution in [0.1, 0.15) is 33.4 Å². The van der Waals surface area contributed by atoms with E-state index in [9.17, 15) is 8.78 Å². The molecule has 19 heavy (non-hydrogen) atoms. The van der Waals surface area contributed by atoms with Crippen molar-refractivity contribution in [3.05, 3.63) is 35.6 Å². The highest BCUT2D eigenvalue weighted by atomic mass is 19.2. The Morgan fingerprint density at radius 3 is 2.21 bits per heavy atom. The van der Waals surface area contributed by atoms with E-state index >= 15 is 0 Å². The van der Waals surface area contributed by atoms with Crippen molar-refractivity contribution >= 4 is 13.2 Å². The molecule has 0 saturated carbocycles. The topological polar surface area (TPSA) is 31.4 Å². The predicted molar refractivity (Wildman–Crippen MR) is 69.3 cm³/mol. The maximum absolute atomic E-state index is 12.9. The molecule has 0 bridgehead atoms. The molecule has 0 aliphatic carbocycles. The van der Waals surface area contributed by atoms with Crippen molar-refractivity contribution < 1.29 is 18.1 Å². The monoisotopic (exact) mass is 267 g/mol. The summed E-state index contributed by atoms with van der Waals surface area (Å²) >= 11 is 0. The SMILES string of the molecule is CC1(C)OB(/C=C/c2ccc(F)c(F)n2)OC1(C)C. The molecule has 3 nitrogen and oxygen atoms in total. The molecule has 0 N–H and O–H groups in total. The number of aromatic nitrogens is 1. The molecule has 1 aliphatic heterocycles. The molecule has 0 aromatic carbocycles. The first-order valence-electron chi connectivity index (χ1n) is 6.07. The summed E-state index contributed by atoms with van der Waals surface area (Å²) in [6.07, 6.45) is 1.55. The van der Waals surface area contributed by atoms with Crippen LogP contribution < -0.4 is 0 Å². The molecule has 0 amide bonds. The van der Waals surface area contributed by atoms with Crippen LogP contribution in [0.25, 0.3) is 6.08 Å². The summed E-state index contributed by atoms with van der Waals surface area (Å²) in [4.78, 5) is 3.47. The minimum absolute atomic E-state index is 0.314. The molecule has 0 spiro atoms. The molecule has 0 atom stereocenters.